The van der Waals surface area contributed by atoms with E-state index >= 15 is 0 Å². The second kappa shape index (κ2) is 5.90. The molecular formula is C9H10Cl2FNO2. The smallest absolute Gasteiger partial charge is 0.305 e. The lowest BCUT2D eigenvalue weighted by molar-refractivity contribution is -0.137. The fraction of sp³-hybridized carbons (Fsp3) is 0.222. The molecule has 0 aliphatic heterocycles. The third kappa shape index (κ3) is 4.03. The molecule has 0 saturated carbocycles. The van der Waals surface area contributed by atoms with Crippen molar-refractivity contribution in [1.29, 1.82) is 0 Å². The Bertz CT molecular complexity index is 360. The second-order valence-corrected chi connectivity index (χ2v) is 3.28. The molecule has 0 aromatic heterocycles. The van der Waals surface area contributed by atoms with Crippen LogP contribution in [0.25, 0.3) is 0 Å². The lowest BCUT2D eigenvalue weighted by Gasteiger charge is -2.10. The zero-order chi connectivity index (χ0) is 10.7. The number of rotatable bonds is 3. The van der Waals surface area contributed by atoms with Crippen LogP contribution in [0.1, 0.15) is 18.0 Å². The monoisotopic (exact) mass is 253 g/mol. The summed E-state index contributed by atoms with van der Waals surface area (Å²) in [6.07, 6.45) is -0.275. The van der Waals surface area contributed by atoms with Crippen molar-refractivity contribution in [3.8, 4) is 0 Å². The lowest BCUT2D eigenvalue weighted by atomic mass is 10.0. The van der Waals surface area contributed by atoms with Crippen LogP contribution in [0.15, 0.2) is 18.2 Å². The van der Waals surface area contributed by atoms with Gasteiger partial charge in [0.15, 0.2) is 0 Å². The molecule has 1 aromatic rings. The molecule has 0 bridgehead atoms. The number of hydrogen-bond acceptors (Lipinski definition) is 2. The Kier molecular flexibility index (Phi) is 5.57. The van der Waals surface area contributed by atoms with E-state index in [1.54, 1.807) is 0 Å². The molecule has 6 heteroatoms. The maximum atomic E-state index is 12.8. The molecule has 1 unspecified atom stereocenters. The molecule has 0 amide bonds. The number of benzene rings is 1. The summed E-state index contributed by atoms with van der Waals surface area (Å²) in [6.45, 7) is 0. The Labute approximate surface area is 97.4 Å². The van der Waals surface area contributed by atoms with Gasteiger partial charge in [-0.05, 0) is 23.8 Å². The average Bonchev–Trinajstić information content (AvgIpc) is 2.08. The van der Waals surface area contributed by atoms with Crippen molar-refractivity contribution in [2.24, 2.45) is 5.73 Å². The summed E-state index contributed by atoms with van der Waals surface area (Å²) in [5.74, 6) is -1.52. The highest BCUT2D eigenvalue weighted by Gasteiger charge is 2.14. The SMILES string of the molecule is Cl.NC(CC(=O)O)c1cc(F)ccc1Cl. The minimum Gasteiger partial charge on any atom is -0.481 e. The van der Waals surface area contributed by atoms with Gasteiger partial charge in [0, 0.05) is 11.1 Å². The van der Waals surface area contributed by atoms with E-state index in [0.29, 0.717) is 5.56 Å². The van der Waals surface area contributed by atoms with Crippen molar-refractivity contribution >= 4 is 30.0 Å². The summed E-state index contributed by atoms with van der Waals surface area (Å²) in [4.78, 5) is 10.4. The summed E-state index contributed by atoms with van der Waals surface area (Å²) >= 11 is 5.73. The molecular weight excluding hydrogens is 244 g/mol. The van der Waals surface area contributed by atoms with Crippen LogP contribution < -0.4 is 5.73 Å². The Morgan fingerprint density at radius 3 is 2.73 bits per heavy atom. The average molecular weight is 254 g/mol. The van der Waals surface area contributed by atoms with E-state index in [-0.39, 0.29) is 23.9 Å². The van der Waals surface area contributed by atoms with Gasteiger partial charge in [-0.15, -0.1) is 12.4 Å². The normalized spacial score (nSPS) is 11.7. The highest BCUT2D eigenvalue weighted by molar-refractivity contribution is 6.31. The molecule has 0 saturated heterocycles. The number of carboxylic acids is 1. The first-order chi connectivity index (χ1) is 6.50. The minimum atomic E-state index is -1.04. The number of carbonyl (C=O) groups is 1. The molecule has 0 aliphatic rings. The standard InChI is InChI=1S/C9H9ClFNO2.ClH/c10-7-2-1-5(11)3-6(7)8(12)4-9(13)14;/h1-3,8H,4,12H2,(H,13,14);1H. The third-order valence-electron chi connectivity index (χ3n) is 1.75. The van der Waals surface area contributed by atoms with Gasteiger partial charge in [-0.2, -0.15) is 0 Å². The van der Waals surface area contributed by atoms with Gasteiger partial charge in [0.05, 0.1) is 6.42 Å². The van der Waals surface area contributed by atoms with Crippen LogP contribution in [-0.2, 0) is 4.79 Å². The summed E-state index contributed by atoms with van der Waals surface area (Å²) in [5.41, 5.74) is 5.85. The molecule has 3 nitrogen and oxygen atoms in total. The van der Waals surface area contributed by atoms with E-state index in [4.69, 9.17) is 22.4 Å². The van der Waals surface area contributed by atoms with Crippen molar-refractivity contribution in [2.45, 2.75) is 12.5 Å². The predicted octanol–water partition coefficient (Wildman–Crippen LogP) is 2.38. The molecule has 0 spiro atoms. The Balaban J connectivity index is 0.00000196. The van der Waals surface area contributed by atoms with Gasteiger partial charge in [-0.3, -0.25) is 4.79 Å². The molecule has 0 fully saturated rings. The fourth-order valence-electron chi connectivity index (χ4n) is 1.10. The number of hydrogen-bond donors (Lipinski definition) is 2. The molecule has 0 radical (unpaired) electrons. The van der Waals surface area contributed by atoms with Crippen LogP contribution >= 0.6 is 24.0 Å². The quantitative estimate of drug-likeness (QED) is 0.870. The zero-order valence-electron chi connectivity index (χ0n) is 7.61. The minimum absolute atomic E-state index is 0. The van der Waals surface area contributed by atoms with Crippen LogP contribution in [0, 0.1) is 5.82 Å². The summed E-state index contributed by atoms with van der Waals surface area (Å²) < 4.78 is 12.8. The molecule has 0 aliphatic carbocycles. The van der Waals surface area contributed by atoms with E-state index in [0.717, 1.165) is 6.07 Å². The van der Waals surface area contributed by atoms with Gasteiger partial charge in [-0.25, -0.2) is 4.39 Å². The van der Waals surface area contributed by atoms with Gasteiger partial charge >= 0.3 is 5.97 Å². The van der Waals surface area contributed by atoms with Crippen LogP contribution in [0.2, 0.25) is 5.02 Å². The topological polar surface area (TPSA) is 63.3 Å². The Hall–Kier alpha value is -0.840. The van der Waals surface area contributed by atoms with Gasteiger partial charge in [-0.1, -0.05) is 11.6 Å². The lowest BCUT2D eigenvalue weighted by Crippen LogP contribution is -2.15. The highest BCUT2D eigenvalue weighted by atomic mass is 35.5. The first kappa shape index (κ1) is 14.2. The zero-order valence-corrected chi connectivity index (χ0v) is 9.19. The first-order valence-electron chi connectivity index (χ1n) is 3.93. The van der Waals surface area contributed by atoms with Gasteiger partial charge < -0.3 is 10.8 Å². The highest BCUT2D eigenvalue weighted by Crippen LogP contribution is 2.24. The first-order valence-corrected chi connectivity index (χ1v) is 4.31. The van der Waals surface area contributed by atoms with Crippen molar-refractivity contribution in [1.82, 2.24) is 0 Å². The van der Waals surface area contributed by atoms with E-state index in [9.17, 15) is 9.18 Å². The van der Waals surface area contributed by atoms with Crippen LogP contribution in [-0.4, -0.2) is 11.1 Å². The van der Waals surface area contributed by atoms with E-state index < -0.39 is 17.8 Å². The van der Waals surface area contributed by atoms with Crippen molar-refractivity contribution < 1.29 is 14.3 Å². The Morgan fingerprint density at radius 2 is 2.20 bits per heavy atom. The van der Waals surface area contributed by atoms with Gasteiger partial charge in [0.25, 0.3) is 0 Å². The third-order valence-corrected chi connectivity index (χ3v) is 2.10. The Morgan fingerprint density at radius 1 is 1.60 bits per heavy atom. The van der Waals surface area contributed by atoms with Gasteiger partial charge in [0.1, 0.15) is 5.82 Å². The maximum Gasteiger partial charge on any atom is 0.305 e. The number of aliphatic carboxylic acids is 1. The van der Waals surface area contributed by atoms with E-state index in [1.807, 2.05) is 0 Å². The van der Waals surface area contributed by atoms with Crippen molar-refractivity contribution in [2.75, 3.05) is 0 Å². The maximum absolute atomic E-state index is 12.8. The fourth-order valence-corrected chi connectivity index (χ4v) is 1.35. The van der Waals surface area contributed by atoms with Crippen LogP contribution in [0.5, 0.6) is 0 Å². The predicted molar refractivity (Wildman–Crippen MR) is 57.8 cm³/mol. The molecule has 15 heavy (non-hydrogen) atoms. The summed E-state index contributed by atoms with van der Waals surface area (Å²) in [5, 5.41) is 8.77. The largest absolute Gasteiger partial charge is 0.481 e. The number of carboxylic acid groups (broad SMARTS) is 1. The number of nitrogens with two attached hydrogens (primary N) is 1. The summed E-state index contributed by atoms with van der Waals surface area (Å²) in [7, 11) is 0. The van der Waals surface area contributed by atoms with Gasteiger partial charge in [0.2, 0.25) is 0 Å². The number of halogens is 3. The van der Waals surface area contributed by atoms with E-state index in [2.05, 4.69) is 0 Å². The van der Waals surface area contributed by atoms with Crippen LogP contribution in [0.4, 0.5) is 4.39 Å². The molecule has 1 aromatic carbocycles. The molecule has 1 atom stereocenters. The molecule has 3 N–H and O–H groups in total. The second-order valence-electron chi connectivity index (χ2n) is 2.87. The van der Waals surface area contributed by atoms with Crippen molar-refractivity contribution in [3.63, 3.8) is 0 Å². The molecule has 0 heterocycles. The van der Waals surface area contributed by atoms with E-state index in [1.165, 1.54) is 12.1 Å². The summed E-state index contributed by atoms with van der Waals surface area (Å²) in [6, 6.07) is 2.92. The molecule has 84 valence electrons. The molecule has 1 rings (SSSR count). The van der Waals surface area contributed by atoms with Crippen molar-refractivity contribution in [3.05, 3.63) is 34.6 Å². The van der Waals surface area contributed by atoms with Crippen LogP contribution in [0.3, 0.4) is 0 Å².